The Morgan fingerprint density at radius 1 is 0.828 bits per heavy atom. The SMILES string of the molecule is COC(=O)c1cccc(NCCC(=O)Nc2ccc(Oc3ccccc3)cc2)c1. The third-order valence-corrected chi connectivity index (χ3v) is 4.08. The van der Waals surface area contributed by atoms with E-state index in [-0.39, 0.29) is 12.3 Å². The van der Waals surface area contributed by atoms with Gasteiger partial charge in [-0.15, -0.1) is 0 Å². The van der Waals surface area contributed by atoms with Crippen molar-refractivity contribution in [3.05, 3.63) is 84.4 Å². The Morgan fingerprint density at radius 2 is 1.55 bits per heavy atom. The molecule has 2 N–H and O–H groups in total. The second kappa shape index (κ2) is 9.94. The molecule has 0 radical (unpaired) electrons. The van der Waals surface area contributed by atoms with Crippen molar-refractivity contribution in [1.29, 1.82) is 0 Å². The van der Waals surface area contributed by atoms with Crippen LogP contribution in [0.15, 0.2) is 78.9 Å². The summed E-state index contributed by atoms with van der Waals surface area (Å²) in [7, 11) is 1.34. The van der Waals surface area contributed by atoms with Crippen LogP contribution >= 0.6 is 0 Å². The zero-order valence-electron chi connectivity index (χ0n) is 16.1. The van der Waals surface area contributed by atoms with Crippen LogP contribution in [-0.4, -0.2) is 25.5 Å². The van der Waals surface area contributed by atoms with E-state index in [1.807, 2.05) is 36.4 Å². The van der Waals surface area contributed by atoms with Crippen LogP contribution in [-0.2, 0) is 9.53 Å². The Morgan fingerprint density at radius 3 is 2.28 bits per heavy atom. The van der Waals surface area contributed by atoms with Crippen LogP contribution in [0.5, 0.6) is 11.5 Å². The van der Waals surface area contributed by atoms with E-state index in [0.29, 0.717) is 23.5 Å². The molecule has 3 aromatic carbocycles. The fourth-order valence-electron chi connectivity index (χ4n) is 2.65. The molecule has 0 bridgehead atoms. The largest absolute Gasteiger partial charge is 0.465 e. The minimum Gasteiger partial charge on any atom is -0.465 e. The number of ether oxygens (including phenoxy) is 2. The van der Waals surface area contributed by atoms with Crippen molar-refractivity contribution >= 4 is 23.3 Å². The van der Waals surface area contributed by atoms with Crippen molar-refractivity contribution in [3.8, 4) is 11.5 Å². The molecule has 29 heavy (non-hydrogen) atoms. The molecule has 1 amide bonds. The lowest BCUT2D eigenvalue weighted by molar-refractivity contribution is -0.115. The predicted molar refractivity (Wildman–Crippen MR) is 112 cm³/mol. The molecule has 0 aromatic heterocycles. The maximum atomic E-state index is 12.1. The molecule has 0 atom stereocenters. The number of amides is 1. The Balaban J connectivity index is 1.45. The summed E-state index contributed by atoms with van der Waals surface area (Å²) in [6, 6.07) is 23.6. The van der Waals surface area contributed by atoms with Crippen molar-refractivity contribution in [1.82, 2.24) is 0 Å². The maximum absolute atomic E-state index is 12.1. The highest BCUT2D eigenvalue weighted by atomic mass is 16.5. The topological polar surface area (TPSA) is 76.7 Å². The van der Waals surface area contributed by atoms with E-state index in [9.17, 15) is 9.59 Å². The monoisotopic (exact) mass is 390 g/mol. The lowest BCUT2D eigenvalue weighted by Gasteiger charge is -2.09. The number of rotatable bonds is 8. The number of hydrogen-bond acceptors (Lipinski definition) is 5. The first-order valence-corrected chi connectivity index (χ1v) is 9.19. The molecule has 0 aliphatic heterocycles. The second-order valence-electron chi connectivity index (χ2n) is 6.24. The molecule has 0 spiro atoms. The predicted octanol–water partition coefficient (Wildman–Crippen LogP) is 4.71. The van der Waals surface area contributed by atoms with Crippen molar-refractivity contribution in [2.75, 3.05) is 24.3 Å². The highest BCUT2D eigenvalue weighted by Gasteiger charge is 2.07. The number of methoxy groups -OCH3 is 1. The Kier molecular flexibility index (Phi) is 6.84. The van der Waals surface area contributed by atoms with Gasteiger partial charge in [0.1, 0.15) is 11.5 Å². The third kappa shape index (κ3) is 6.10. The van der Waals surface area contributed by atoms with Gasteiger partial charge >= 0.3 is 5.97 Å². The molecule has 3 rings (SSSR count). The number of hydrogen-bond donors (Lipinski definition) is 2. The lowest BCUT2D eigenvalue weighted by Crippen LogP contribution is -2.16. The van der Waals surface area contributed by atoms with E-state index >= 15 is 0 Å². The van der Waals surface area contributed by atoms with Gasteiger partial charge in [-0.3, -0.25) is 4.79 Å². The highest BCUT2D eigenvalue weighted by Crippen LogP contribution is 2.22. The van der Waals surface area contributed by atoms with Crippen LogP contribution in [0.2, 0.25) is 0 Å². The average Bonchev–Trinajstić information content (AvgIpc) is 2.75. The summed E-state index contributed by atoms with van der Waals surface area (Å²) in [4.78, 5) is 23.7. The van der Waals surface area contributed by atoms with Gasteiger partial charge in [0.25, 0.3) is 0 Å². The second-order valence-corrected chi connectivity index (χ2v) is 6.24. The Hall–Kier alpha value is -3.80. The minimum absolute atomic E-state index is 0.113. The summed E-state index contributed by atoms with van der Waals surface area (Å²) in [5.74, 6) is 0.942. The van der Waals surface area contributed by atoms with Crippen LogP contribution in [0.1, 0.15) is 16.8 Å². The molecule has 0 saturated carbocycles. The van der Waals surface area contributed by atoms with E-state index in [2.05, 4.69) is 10.6 Å². The van der Waals surface area contributed by atoms with Crippen molar-refractivity contribution in [2.24, 2.45) is 0 Å². The molecule has 0 aliphatic carbocycles. The van der Waals surface area contributed by atoms with Crippen LogP contribution in [0.3, 0.4) is 0 Å². The van der Waals surface area contributed by atoms with Crippen molar-refractivity contribution < 1.29 is 19.1 Å². The summed E-state index contributed by atoms with van der Waals surface area (Å²) in [6.07, 6.45) is 0.282. The van der Waals surface area contributed by atoms with Gasteiger partial charge in [0.15, 0.2) is 0 Å². The van der Waals surface area contributed by atoms with Gasteiger partial charge in [0.2, 0.25) is 5.91 Å². The molecular formula is C23H22N2O4. The molecule has 6 nitrogen and oxygen atoms in total. The summed E-state index contributed by atoms with van der Waals surface area (Å²) in [5, 5.41) is 5.98. The van der Waals surface area contributed by atoms with Crippen LogP contribution < -0.4 is 15.4 Å². The first kappa shape index (κ1) is 19.9. The van der Waals surface area contributed by atoms with Gasteiger partial charge in [-0.1, -0.05) is 24.3 Å². The van der Waals surface area contributed by atoms with Crippen LogP contribution in [0, 0.1) is 0 Å². The number of para-hydroxylation sites is 1. The molecule has 0 fully saturated rings. The van der Waals surface area contributed by atoms with Gasteiger partial charge in [-0.2, -0.15) is 0 Å². The summed E-state index contributed by atoms with van der Waals surface area (Å²) >= 11 is 0. The smallest absolute Gasteiger partial charge is 0.337 e. The van der Waals surface area contributed by atoms with Gasteiger partial charge in [0.05, 0.1) is 12.7 Å². The van der Waals surface area contributed by atoms with Gasteiger partial charge in [-0.25, -0.2) is 4.79 Å². The number of carbonyl (C=O) groups excluding carboxylic acids is 2. The van der Waals surface area contributed by atoms with E-state index in [1.165, 1.54) is 7.11 Å². The zero-order chi connectivity index (χ0) is 20.5. The Labute approximate surface area is 169 Å². The molecule has 0 saturated heterocycles. The quantitative estimate of drug-likeness (QED) is 0.545. The zero-order valence-corrected chi connectivity index (χ0v) is 16.1. The molecule has 0 unspecified atom stereocenters. The van der Waals surface area contributed by atoms with Crippen LogP contribution in [0.4, 0.5) is 11.4 Å². The van der Waals surface area contributed by atoms with Gasteiger partial charge < -0.3 is 20.1 Å². The molecule has 6 heteroatoms. The van der Waals surface area contributed by atoms with Gasteiger partial charge in [0, 0.05) is 24.3 Å². The standard InChI is InChI=1S/C23H22N2O4/c1-28-23(27)17-6-5-7-19(16-17)24-15-14-22(26)25-18-10-12-21(13-11-18)29-20-8-3-2-4-9-20/h2-13,16,24H,14-15H2,1H3,(H,25,26). The average molecular weight is 390 g/mol. The van der Waals surface area contributed by atoms with E-state index < -0.39 is 5.97 Å². The molecular weight excluding hydrogens is 368 g/mol. The van der Waals surface area contributed by atoms with Crippen molar-refractivity contribution in [3.63, 3.8) is 0 Å². The number of benzene rings is 3. The minimum atomic E-state index is -0.397. The third-order valence-electron chi connectivity index (χ3n) is 4.08. The van der Waals surface area contributed by atoms with E-state index in [1.54, 1.807) is 42.5 Å². The summed E-state index contributed by atoms with van der Waals surface area (Å²) in [5.41, 5.74) is 1.91. The molecule has 148 valence electrons. The lowest BCUT2D eigenvalue weighted by atomic mass is 10.2. The fourth-order valence-corrected chi connectivity index (χ4v) is 2.65. The molecule has 3 aromatic rings. The number of carbonyl (C=O) groups is 2. The van der Waals surface area contributed by atoms with E-state index in [4.69, 9.17) is 9.47 Å². The van der Waals surface area contributed by atoms with Crippen LogP contribution in [0.25, 0.3) is 0 Å². The molecule has 0 heterocycles. The first-order valence-electron chi connectivity index (χ1n) is 9.19. The highest BCUT2D eigenvalue weighted by molar-refractivity contribution is 5.91. The van der Waals surface area contributed by atoms with E-state index in [0.717, 1.165) is 11.4 Å². The fraction of sp³-hybridized carbons (Fsp3) is 0.130. The number of anilines is 2. The maximum Gasteiger partial charge on any atom is 0.337 e. The Bertz CT molecular complexity index is 956. The normalized spacial score (nSPS) is 10.1. The number of esters is 1. The number of nitrogens with one attached hydrogen (secondary N) is 2. The first-order chi connectivity index (χ1) is 14.1. The summed E-state index contributed by atoms with van der Waals surface area (Å²) in [6.45, 7) is 0.436. The van der Waals surface area contributed by atoms with Gasteiger partial charge in [-0.05, 0) is 54.6 Å². The van der Waals surface area contributed by atoms with Crippen molar-refractivity contribution in [2.45, 2.75) is 6.42 Å². The summed E-state index contributed by atoms with van der Waals surface area (Å²) < 4.78 is 10.4. The molecule has 0 aliphatic rings.